The van der Waals surface area contributed by atoms with Crippen molar-refractivity contribution < 1.29 is 28.6 Å². The van der Waals surface area contributed by atoms with Crippen LogP contribution in [0.15, 0.2) is 72.9 Å². The zero-order chi connectivity index (χ0) is 48.6. The number of ether oxygens (including phenoxy) is 3. The topological polar surface area (TPSA) is 78.9 Å². The summed E-state index contributed by atoms with van der Waals surface area (Å²) >= 11 is 0. The SMILES string of the molecule is CCCCC/C=C/C/C=C/C/C=C/C/C=C/CCCC(=O)O[C@H](COC(=O)CCCCCCC/C=C/CCCCCC)COC(=O)CCCCCCCCCCC/C=C/CCCCCCCC. The summed E-state index contributed by atoms with van der Waals surface area (Å²) in [6.07, 6.45) is 70.4. The molecule has 0 aromatic rings. The van der Waals surface area contributed by atoms with E-state index in [4.69, 9.17) is 14.2 Å². The summed E-state index contributed by atoms with van der Waals surface area (Å²) in [5.41, 5.74) is 0. The van der Waals surface area contributed by atoms with Crippen LogP contribution in [0.1, 0.15) is 278 Å². The van der Waals surface area contributed by atoms with Gasteiger partial charge in [-0.2, -0.15) is 0 Å². The van der Waals surface area contributed by atoms with E-state index in [0.717, 1.165) is 70.6 Å². The van der Waals surface area contributed by atoms with E-state index in [1.165, 1.54) is 161 Å². The first-order valence-corrected chi connectivity index (χ1v) is 28.4. The van der Waals surface area contributed by atoms with Crippen molar-refractivity contribution in [1.82, 2.24) is 0 Å². The number of rotatable bonds is 51. The molecule has 6 heteroatoms. The molecule has 0 aliphatic heterocycles. The molecule has 0 aliphatic carbocycles. The molecule has 6 nitrogen and oxygen atoms in total. The molecule has 0 unspecified atom stereocenters. The highest BCUT2D eigenvalue weighted by molar-refractivity contribution is 5.71. The van der Waals surface area contributed by atoms with Gasteiger partial charge < -0.3 is 14.2 Å². The maximum atomic E-state index is 12.8. The third-order valence-corrected chi connectivity index (χ3v) is 12.2. The Kier molecular flexibility index (Phi) is 52.8. The van der Waals surface area contributed by atoms with Crippen LogP contribution in [0.3, 0.4) is 0 Å². The zero-order valence-corrected chi connectivity index (χ0v) is 44.2. The highest BCUT2D eigenvalue weighted by Gasteiger charge is 2.19. The molecule has 0 rings (SSSR count). The van der Waals surface area contributed by atoms with Gasteiger partial charge in [0.25, 0.3) is 0 Å². The van der Waals surface area contributed by atoms with Crippen LogP contribution < -0.4 is 0 Å². The number of allylic oxidation sites excluding steroid dienone is 12. The van der Waals surface area contributed by atoms with Crippen LogP contribution in [-0.2, 0) is 28.6 Å². The van der Waals surface area contributed by atoms with Gasteiger partial charge in [-0.05, 0) is 109 Å². The smallest absolute Gasteiger partial charge is 0.306 e. The van der Waals surface area contributed by atoms with Crippen molar-refractivity contribution in [1.29, 1.82) is 0 Å². The summed E-state index contributed by atoms with van der Waals surface area (Å²) < 4.78 is 16.8. The Morgan fingerprint density at radius 2 is 0.552 bits per heavy atom. The van der Waals surface area contributed by atoms with Gasteiger partial charge in [-0.25, -0.2) is 0 Å². The van der Waals surface area contributed by atoms with Crippen LogP contribution in [0.4, 0.5) is 0 Å². The fraction of sp³-hybridized carbons (Fsp3) is 0.754. The largest absolute Gasteiger partial charge is 0.462 e. The van der Waals surface area contributed by atoms with Gasteiger partial charge in [-0.3, -0.25) is 14.4 Å². The minimum atomic E-state index is -0.808. The quantitative estimate of drug-likeness (QED) is 0.0262. The Morgan fingerprint density at radius 3 is 0.940 bits per heavy atom. The Balaban J connectivity index is 4.44. The lowest BCUT2D eigenvalue weighted by molar-refractivity contribution is -0.167. The number of hydrogen-bond acceptors (Lipinski definition) is 6. The molecular weight excluding hydrogens is 829 g/mol. The third-order valence-electron chi connectivity index (χ3n) is 12.2. The molecule has 0 N–H and O–H groups in total. The standard InChI is InChI=1S/C61H106O6/c1-4-7-10-13-16-19-22-25-27-29-30-32-33-36-39-42-45-48-51-54-60(63)66-57-58(56-65-59(62)53-50-47-44-41-38-35-24-21-18-15-12-9-6-3)67-61(64)55-52-49-46-43-40-37-34-31-28-26-23-20-17-14-11-8-5-2/h17,20-21,24-28,34,37,43,46,58H,4-16,18-19,22-23,29-33,35-36,38-42,44-45,47-57H2,1-3H3/b20-17+,24-21+,27-25+,28-26+,37-34+,46-43+/t58-/m1/s1. The predicted molar refractivity (Wildman–Crippen MR) is 288 cm³/mol. The van der Waals surface area contributed by atoms with E-state index in [-0.39, 0.29) is 37.5 Å². The number of carbonyl (C=O) groups is 3. The molecule has 0 radical (unpaired) electrons. The van der Waals surface area contributed by atoms with E-state index in [1.54, 1.807) is 0 Å². The van der Waals surface area contributed by atoms with Crippen molar-refractivity contribution in [2.75, 3.05) is 13.2 Å². The van der Waals surface area contributed by atoms with Crippen molar-refractivity contribution in [3.05, 3.63) is 72.9 Å². The maximum absolute atomic E-state index is 12.8. The maximum Gasteiger partial charge on any atom is 0.306 e. The van der Waals surface area contributed by atoms with E-state index in [2.05, 4.69) is 93.7 Å². The molecule has 0 fully saturated rings. The van der Waals surface area contributed by atoms with Crippen molar-refractivity contribution in [3.8, 4) is 0 Å². The molecule has 0 saturated carbocycles. The summed E-state index contributed by atoms with van der Waals surface area (Å²) in [7, 11) is 0. The van der Waals surface area contributed by atoms with Crippen LogP contribution >= 0.6 is 0 Å². The minimum Gasteiger partial charge on any atom is -0.462 e. The van der Waals surface area contributed by atoms with E-state index in [1.807, 2.05) is 0 Å². The monoisotopic (exact) mass is 935 g/mol. The van der Waals surface area contributed by atoms with Crippen molar-refractivity contribution in [2.45, 2.75) is 284 Å². The van der Waals surface area contributed by atoms with Gasteiger partial charge in [0.15, 0.2) is 6.10 Å². The Labute approximate surface area is 414 Å². The lowest BCUT2D eigenvalue weighted by Crippen LogP contribution is -2.30. The van der Waals surface area contributed by atoms with Crippen LogP contribution in [0, 0.1) is 0 Å². The second kappa shape index (κ2) is 55.4. The molecule has 0 aromatic carbocycles. The second-order valence-corrected chi connectivity index (χ2v) is 18.8. The third kappa shape index (κ3) is 53.7. The first kappa shape index (κ1) is 63.8. The molecule has 0 heterocycles. The van der Waals surface area contributed by atoms with Crippen molar-refractivity contribution in [3.63, 3.8) is 0 Å². The number of hydrogen-bond donors (Lipinski definition) is 0. The van der Waals surface area contributed by atoms with E-state index >= 15 is 0 Å². The summed E-state index contributed by atoms with van der Waals surface area (Å²) in [6, 6.07) is 0. The van der Waals surface area contributed by atoms with Gasteiger partial charge in [0.05, 0.1) is 0 Å². The van der Waals surface area contributed by atoms with Gasteiger partial charge >= 0.3 is 17.9 Å². The molecule has 67 heavy (non-hydrogen) atoms. The minimum absolute atomic E-state index is 0.100. The number of carbonyl (C=O) groups excluding carboxylic acids is 3. The molecule has 386 valence electrons. The summed E-state index contributed by atoms with van der Waals surface area (Å²) in [6.45, 7) is 6.55. The van der Waals surface area contributed by atoms with Crippen LogP contribution in [0.25, 0.3) is 0 Å². The van der Waals surface area contributed by atoms with E-state index < -0.39 is 6.10 Å². The first-order chi connectivity index (χ1) is 33.0. The molecule has 0 spiro atoms. The lowest BCUT2D eigenvalue weighted by atomic mass is 10.1. The van der Waals surface area contributed by atoms with Crippen LogP contribution in [0.2, 0.25) is 0 Å². The van der Waals surface area contributed by atoms with Gasteiger partial charge in [-0.1, -0.05) is 222 Å². The lowest BCUT2D eigenvalue weighted by Gasteiger charge is -2.18. The number of esters is 3. The fourth-order valence-electron chi connectivity index (χ4n) is 7.84. The average Bonchev–Trinajstić information content (AvgIpc) is 3.33. The van der Waals surface area contributed by atoms with Gasteiger partial charge in [0.2, 0.25) is 0 Å². The molecule has 1 atom stereocenters. The highest BCUT2D eigenvalue weighted by Crippen LogP contribution is 2.14. The molecule has 0 amide bonds. The van der Waals surface area contributed by atoms with Gasteiger partial charge in [0, 0.05) is 19.3 Å². The van der Waals surface area contributed by atoms with E-state index in [9.17, 15) is 14.4 Å². The summed E-state index contributed by atoms with van der Waals surface area (Å²) in [4.78, 5) is 38.1. The zero-order valence-electron chi connectivity index (χ0n) is 44.2. The molecule has 0 aliphatic rings. The Bertz CT molecular complexity index is 1260. The van der Waals surface area contributed by atoms with Crippen molar-refractivity contribution >= 4 is 17.9 Å². The summed E-state index contributed by atoms with van der Waals surface area (Å²) in [5, 5.41) is 0. The second-order valence-electron chi connectivity index (χ2n) is 18.8. The molecule has 0 aromatic heterocycles. The molecular formula is C61H106O6. The van der Waals surface area contributed by atoms with Gasteiger partial charge in [0.1, 0.15) is 13.2 Å². The average molecular weight is 936 g/mol. The highest BCUT2D eigenvalue weighted by atomic mass is 16.6. The predicted octanol–water partition coefficient (Wildman–Crippen LogP) is 19.0. The van der Waals surface area contributed by atoms with Crippen LogP contribution in [-0.4, -0.2) is 37.2 Å². The molecule has 0 saturated heterocycles. The van der Waals surface area contributed by atoms with E-state index in [0.29, 0.717) is 19.3 Å². The van der Waals surface area contributed by atoms with Crippen LogP contribution in [0.5, 0.6) is 0 Å². The normalized spacial score (nSPS) is 12.6. The van der Waals surface area contributed by atoms with Crippen molar-refractivity contribution in [2.24, 2.45) is 0 Å². The van der Waals surface area contributed by atoms with Gasteiger partial charge in [-0.15, -0.1) is 0 Å². The first-order valence-electron chi connectivity index (χ1n) is 28.4. The molecule has 0 bridgehead atoms. The Morgan fingerprint density at radius 1 is 0.299 bits per heavy atom. The fourth-order valence-corrected chi connectivity index (χ4v) is 7.84. The number of unbranched alkanes of at least 4 members (excludes halogenated alkanes) is 28. The Hall–Kier alpha value is -3.15. The summed E-state index contributed by atoms with van der Waals surface area (Å²) in [5.74, 6) is -0.962.